The Morgan fingerprint density at radius 1 is 1.38 bits per heavy atom. The van der Waals surface area contributed by atoms with Crippen molar-refractivity contribution in [3.05, 3.63) is 23.5 Å². The minimum atomic E-state index is -0.0580. The van der Waals surface area contributed by atoms with Gasteiger partial charge in [0.2, 0.25) is 0 Å². The van der Waals surface area contributed by atoms with Gasteiger partial charge in [-0.1, -0.05) is 6.92 Å². The molecule has 134 valence electrons. The number of nitrogens with zero attached hydrogens (tertiary/aromatic N) is 3. The fraction of sp³-hybridized carbons (Fsp3) is 0.562. The lowest BCUT2D eigenvalue weighted by Crippen LogP contribution is -2.42. The summed E-state index contributed by atoms with van der Waals surface area (Å²) in [4.78, 5) is 16.8. The van der Waals surface area contributed by atoms with Gasteiger partial charge in [-0.3, -0.25) is 9.48 Å². The van der Waals surface area contributed by atoms with Crippen molar-refractivity contribution >= 4 is 41.8 Å². The second kappa shape index (κ2) is 8.14. The van der Waals surface area contributed by atoms with Crippen LogP contribution in [0, 0.1) is 12.3 Å². The van der Waals surface area contributed by atoms with Crippen LogP contribution in [0.2, 0.25) is 0 Å². The van der Waals surface area contributed by atoms with Crippen LogP contribution in [-0.4, -0.2) is 40.3 Å². The summed E-state index contributed by atoms with van der Waals surface area (Å²) < 4.78 is 1.74. The van der Waals surface area contributed by atoms with Crippen LogP contribution in [-0.2, 0) is 7.05 Å². The van der Waals surface area contributed by atoms with Gasteiger partial charge in [0.15, 0.2) is 5.65 Å². The number of carbonyl (C=O) groups excluding carboxylic acids is 1. The van der Waals surface area contributed by atoms with Crippen LogP contribution in [0.1, 0.15) is 35.8 Å². The minimum absolute atomic E-state index is 0. The van der Waals surface area contributed by atoms with E-state index in [4.69, 9.17) is 0 Å². The number of aromatic nitrogens is 3. The van der Waals surface area contributed by atoms with E-state index in [1.165, 1.54) is 0 Å². The maximum absolute atomic E-state index is 12.4. The zero-order valence-corrected chi connectivity index (χ0v) is 15.9. The van der Waals surface area contributed by atoms with Crippen molar-refractivity contribution in [3.63, 3.8) is 0 Å². The second-order valence-corrected chi connectivity index (χ2v) is 6.55. The van der Waals surface area contributed by atoms with E-state index in [0.29, 0.717) is 12.1 Å². The Kier molecular flexibility index (Phi) is 7.01. The van der Waals surface area contributed by atoms with Crippen molar-refractivity contribution in [2.75, 3.05) is 19.6 Å². The molecule has 0 atom stereocenters. The molecule has 1 amide bonds. The van der Waals surface area contributed by atoms with Gasteiger partial charge < -0.3 is 10.6 Å². The van der Waals surface area contributed by atoms with E-state index in [9.17, 15) is 4.79 Å². The largest absolute Gasteiger partial charge is 0.351 e. The molecule has 3 heterocycles. The van der Waals surface area contributed by atoms with Gasteiger partial charge in [-0.05, 0) is 44.3 Å². The lowest BCUT2D eigenvalue weighted by atomic mass is 9.81. The highest BCUT2D eigenvalue weighted by Crippen LogP contribution is 2.26. The number of pyridine rings is 1. The molecule has 24 heavy (non-hydrogen) atoms. The fourth-order valence-electron chi connectivity index (χ4n) is 3.03. The molecule has 2 N–H and O–H groups in total. The maximum Gasteiger partial charge on any atom is 0.252 e. The number of aryl methyl sites for hydroxylation is 2. The van der Waals surface area contributed by atoms with E-state index < -0.39 is 0 Å². The monoisotopic (exact) mass is 373 g/mol. The zero-order valence-electron chi connectivity index (χ0n) is 14.3. The summed E-state index contributed by atoms with van der Waals surface area (Å²) in [7, 11) is 1.86. The Balaban J connectivity index is 0.00000144. The third-order valence-electron chi connectivity index (χ3n) is 4.61. The molecule has 2 aromatic rings. The smallest absolute Gasteiger partial charge is 0.252 e. The standard InChI is InChI=1S/C16H23N5O.2ClH/c1-11-13-8-12(9-18-14(13)21(3)20-11)15(22)19-10-16(2)4-6-17-7-5-16;;/h8-9,17H,4-7,10H2,1-3H3,(H,19,22);2*1H. The third-order valence-corrected chi connectivity index (χ3v) is 4.61. The van der Waals surface area contributed by atoms with Gasteiger partial charge in [0, 0.05) is 25.2 Å². The molecule has 0 aromatic carbocycles. The van der Waals surface area contributed by atoms with Gasteiger partial charge in [0.1, 0.15) is 0 Å². The van der Waals surface area contributed by atoms with Crippen molar-refractivity contribution < 1.29 is 4.79 Å². The van der Waals surface area contributed by atoms with Crippen LogP contribution in [0.4, 0.5) is 0 Å². The molecule has 0 saturated carbocycles. The average Bonchev–Trinajstić information content (AvgIpc) is 2.80. The summed E-state index contributed by atoms with van der Waals surface area (Å²) in [5, 5.41) is 11.7. The Bertz CT molecular complexity index is 710. The topological polar surface area (TPSA) is 71.8 Å². The molecule has 2 aromatic heterocycles. The van der Waals surface area contributed by atoms with E-state index in [1.54, 1.807) is 10.9 Å². The summed E-state index contributed by atoms with van der Waals surface area (Å²) in [5.74, 6) is -0.0580. The molecule has 0 radical (unpaired) electrons. The highest BCUT2D eigenvalue weighted by Gasteiger charge is 2.27. The third kappa shape index (κ3) is 4.18. The van der Waals surface area contributed by atoms with E-state index in [-0.39, 0.29) is 36.1 Å². The number of piperidine rings is 1. The SMILES string of the molecule is Cc1nn(C)c2ncc(C(=O)NCC3(C)CCNCC3)cc12.Cl.Cl. The van der Waals surface area contributed by atoms with Gasteiger partial charge in [-0.15, -0.1) is 24.8 Å². The molecular formula is C16H25Cl2N5O. The number of fused-ring (bicyclic) bond motifs is 1. The molecule has 3 rings (SSSR count). The summed E-state index contributed by atoms with van der Waals surface area (Å²) >= 11 is 0. The zero-order chi connectivity index (χ0) is 15.7. The molecule has 1 fully saturated rings. The van der Waals surface area contributed by atoms with Crippen LogP contribution in [0.5, 0.6) is 0 Å². The molecule has 6 nitrogen and oxygen atoms in total. The lowest BCUT2D eigenvalue weighted by molar-refractivity contribution is 0.0922. The highest BCUT2D eigenvalue weighted by molar-refractivity contribution is 5.97. The molecule has 1 aliphatic heterocycles. The quantitative estimate of drug-likeness (QED) is 0.865. The van der Waals surface area contributed by atoms with E-state index in [0.717, 1.165) is 42.7 Å². The van der Waals surface area contributed by atoms with Gasteiger partial charge >= 0.3 is 0 Å². The van der Waals surface area contributed by atoms with Gasteiger partial charge in [-0.25, -0.2) is 4.98 Å². The van der Waals surface area contributed by atoms with Crippen LogP contribution < -0.4 is 10.6 Å². The first kappa shape index (κ1) is 20.7. The van der Waals surface area contributed by atoms with Gasteiger partial charge in [0.05, 0.1) is 11.3 Å². The normalized spacial score (nSPS) is 16.1. The van der Waals surface area contributed by atoms with Crippen LogP contribution in [0.25, 0.3) is 11.0 Å². The highest BCUT2D eigenvalue weighted by atomic mass is 35.5. The van der Waals surface area contributed by atoms with Gasteiger partial charge in [-0.2, -0.15) is 5.10 Å². The second-order valence-electron chi connectivity index (χ2n) is 6.55. The molecule has 0 aliphatic carbocycles. The Morgan fingerprint density at radius 2 is 2.04 bits per heavy atom. The van der Waals surface area contributed by atoms with Gasteiger partial charge in [0.25, 0.3) is 5.91 Å². The van der Waals surface area contributed by atoms with E-state index in [2.05, 4.69) is 27.6 Å². The molecule has 1 saturated heterocycles. The Hall–Kier alpha value is -1.37. The Morgan fingerprint density at radius 3 is 2.71 bits per heavy atom. The lowest BCUT2D eigenvalue weighted by Gasteiger charge is -2.34. The number of hydrogen-bond acceptors (Lipinski definition) is 4. The molecule has 8 heteroatoms. The van der Waals surface area contributed by atoms with Crippen LogP contribution >= 0.6 is 24.8 Å². The summed E-state index contributed by atoms with van der Waals surface area (Å²) in [5.41, 5.74) is 2.48. The molecular weight excluding hydrogens is 349 g/mol. The first-order chi connectivity index (χ1) is 10.5. The number of halogens is 2. The Labute approximate surface area is 154 Å². The summed E-state index contributed by atoms with van der Waals surface area (Å²) in [6.45, 7) is 6.92. The number of carbonyl (C=O) groups is 1. The minimum Gasteiger partial charge on any atom is -0.351 e. The van der Waals surface area contributed by atoms with E-state index in [1.807, 2.05) is 20.0 Å². The number of nitrogens with one attached hydrogen (secondary N) is 2. The fourth-order valence-corrected chi connectivity index (χ4v) is 3.03. The molecule has 0 spiro atoms. The van der Waals surface area contributed by atoms with Crippen molar-refractivity contribution in [2.45, 2.75) is 26.7 Å². The van der Waals surface area contributed by atoms with Crippen molar-refractivity contribution in [1.82, 2.24) is 25.4 Å². The van der Waals surface area contributed by atoms with Crippen LogP contribution in [0.3, 0.4) is 0 Å². The number of hydrogen-bond donors (Lipinski definition) is 2. The number of rotatable bonds is 3. The van der Waals surface area contributed by atoms with Crippen molar-refractivity contribution in [1.29, 1.82) is 0 Å². The predicted molar refractivity (Wildman–Crippen MR) is 100 cm³/mol. The average molecular weight is 374 g/mol. The maximum atomic E-state index is 12.4. The number of amides is 1. The van der Waals surface area contributed by atoms with Crippen molar-refractivity contribution in [2.24, 2.45) is 12.5 Å². The van der Waals surface area contributed by atoms with E-state index >= 15 is 0 Å². The van der Waals surface area contributed by atoms with Crippen LogP contribution in [0.15, 0.2) is 12.3 Å². The molecule has 1 aliphatic rings. The first-order valence-electron chi connectivity index (χ1n) is 7.77. The molecule has 0 bridgehead atoms. The summed E-state index contributed by atoms with van der Waals surface area (Å²) in [6, 6.07) is 1.88. The molecule has 0 unspecified atom stereocenters. The van der Waals surface area contributed by atoms with Crippen molar-refractivity contribution in [3.8, 4) is 0 Å². The predicted octanol–water partition coefficient (Wildman–Crippen LogP) is 2.24. The summed E-state index contributed by atoms with van der Waals surface area (Å²) in [6.07, 6.45) is 3.81. The first-order valence-corrected chi connectivity index (χ1v) is 7.77.